The molecule has 0 aliphatic heterocycles. The fourth-order valence-electron chi connectivity index (χ4n) is 11.4. The number of H-pyrrole nitrogens is 1. The Morgan fingerprint density at radius 2 is 0.791 bits per heavy atom. The number of aliphatic hydroxyl groups is 10. The van der Waals surface area contributed by atoms with E-state index in [4.69, 9.17) is 101 Å². The molecule has 0 radical (unpaired) electrons. The van der Waals surface area contributed by atoms with Crippen LogP contribution >= 0.6 is 58.0 Å². The zero-order chi connectivity index (χ0) is 83.7. The first-order valence-corrected chi connectivity index (χ1v) is 38.2. The van der Waals surface area contributed by atoms with Gasteiger partial charge in [0.1, 0.15) is 11.0 Å². The number of amides is 4. The van der Waals surface area contributed by atoms with Crippen molar-refractivity contribution in [1.29, 1.82) is 0 Å². The van der Waals surface area contributed by atoms with Gasteiger partial charge in [-0.3, -0.25) is 19.2 Å². The van der Waals surface area contributed by atoms with Gasteiger partial charge >= 0.3 is 209 Å². The number of benzene rings is 9. The van der Waals surface area contributed by atoms with E-state index in [0.29, 0.717) is 153 Å². The van der Waals surface area contributed by atoms with Gasteiger partial charge in [0.2, 0.25) is 0 Å². The quantitative estimate of drug-likeness (QED) is 0.0191. The largest absolute Gasteiger partial charge is 0.398 e. The first kappa shape index (κ1) is 88.3. The fourth-order valence-corrected chi connectivity index (χ4v) is 14.3. The third-order valence-electron chi connectivity index (χ3n) is 17.6. The summed E-state index contributed by atoms with van der Waals surface area (Å²) in [5.74, 6) is -0.484. The second-order valence-electron chi connectivity index (χ2n) is 26.3. The first-order valence-electron chi connectivity index (χ1n) is 34.6. The molecule has 4 aromatic heterocycles. The summed E-state index contributed by atoms with van der Waals surface area (Å²) in [7, 11) is 0. The average Bonchev–Trinajstić information content (AvgIpc) is 1.74. The second-order valence-corrected chi connectivity index (χ2v) is 30.6. The number of halogens is 5. The number of aromatic amines is 1. The summed E-state index contributed by atoms with van der Waals surface area (Å²) >= 11 is 29.6. The van der Waals surface area contributed by atoms with Crippen molar-refractivity contribution in [2.24, 2.45) is 17.2 Å². The van der Waals surface area contributed by atoms with Crippen molar-refractivity contribution in [3.05, 3.63) is 281 Å². The Morgan fingerprint density at radius 3 is 1.23 bits per heavy atom. The molecule has 4 heterocycles. The number of hydrogen-bond acceptors (Lipinski definition) is 22. The third-order valence-corrected chi connectivity index (χ3v) is 22.2. The molecule has 0 spiro atoms. The maximum absolute atomic E-state index is 12.2. The Morgan fingerprint density at radius 1 is 0.417 bits per heavy atom. The molecule has 0 atom stereocenters. The van der Waals surface area contributed by atoms with E-state index >= 15 is 0 Å². The van der Waals surface area contributed by atoms with Crippen LogP contribution in [0.2, 0.25) is 25.2 Å². The van der Waals surface area contributed by atoms with Crippen molar-refractivity contribution in [3.8, 4) is 34.2 Å². The number of fused-ring (bicyclic) bond motifs is 3. The summed E-state index contributed by atoms with van der Waals surface area (Å²) in [6.07, 6.45) is 0. The summed E-state index contributed by atoms with van der Waals surface area (Å²) in [5.41, 5.74) is 31.9. The molecule has 33 heteroatoms. The number of anilines is 4. The maximum atomic E-state index is 12.2. The predicted molar refractivity (Wildman–Crippen MR) is 445 cm³/mol. The van der Waals surface area contributed by atoms with Crippen LogP contribution in [0.4, 0.5) is 22.9 Å². The summed E-state index contributed by atoms with van der Waals surface area (Å²) in [6.45, 7) is 3.80. The number of aliphatic hydroxyl groups excluding tert-OH is 10. The van der Waals surface area contributed by atoms with Crippen molar-refractivity contribution < 1.29 is 70.2 Å². The van der Waals surface area contributed by atoms with Crippen LogP contribution in [0, 0.1) is 0 Å². The van der Waals surface area contributed by atoms with Crippen molar-refractivity contribution >= 4 is 152 Å². The molecule has 115 heavy (non-hydrogen) atoms. The van der Waals surface area contributed by atoms with Crippen LogP contribution in [-0.2, 0) is 71.5 Å². The summed E-state index contributed by atoms with van der Waals surface area (Å²) in [5, 5.41) is 104. The Labute approximate surface area is 687 Å². The number of nitrogens with one attached hydrogen (secondary N) is 3. The predicted octanol–water partition coefficient (Wildman–Crippen LogP) is 11.0. The van der Waals surface area contributed by atoms with Crippen molar-refractivity contribution in [2.45, 2.75) is 92.3 Å². The Balaban J connectivity index is 0.000000169. The minimum atomic E-state index is -0.754. The third kappa shape index (κ3) is 22.1. The molecule has 0 aliphatic carbocycles. The van der Waals surface area contributed by atoms with E-state index in [-0.39, 0.29) is 114 Å². The number of nitrogens with zero attached hydrogens (tertiary/aromatic N) is 5. The van der Waals surface area contributed by atoms with Gasteiger partial charge in [-0.15, -0.1) is 0 Å². The number of nitrogen functional groups attached to an aromatic ring is 1. The molecule has 596 valence electrons. The van der Waals surface area contributed by atoms with Crippen LogP contribution < -0.4 is 39.1 Å². The van der Waals surface area contributed by atoms with Gasteiger partial charge in [0.15, 0.2) is 5.82 Å². The second kappa shape index (κ2) is 40.1. The van der Waals surface area contributed by atoms with Gasteiger partial charge in [0.05, 0.1) is 86.1 Å². The number of hydrogen-bond donors (Lipinski definition) is 17. The van der Waals surface area contributed by atoms with Crippen LogP contribution in [0.15, 0.2) is 169 Å². The van der Waals surface area contributed by atoms with Crippen LogP contribution in [0.5, 0.6) is 0 Å². The van der Waals surface area contributed by atoms with E-state index in [0.717, 1.165) is 21.1 Å². The number of rotatable bonds is 20. The van der Waals surface area contributed by atoms with Crippen LogP contribution in [0.1, 0.15) is 121 Å². The van der Waals surface area contributed by atoms with E-state index in [9.17, 15) is 64.8 Å². The van der Waals surface area contributed by atoms with Gasteiger partial charge < -0.3 is 68.4 Å². The van der Waals surface area contributed by atoms with Gasteiger partial charge in [-0.25, -0.2) is 15.0 Å². The number of nitrogens with two attached hydrogens (primary N) is 4. The Bertz CT molecular complexity index is 5800. The van der Waals surface area contributed by atoms with Gasteiger partial charge in [-0.1, -0.05) is 46.4 Å². The topological polar surface area (TPSA) is 496 Å². The normalized spacial score (nSPS) is 11.0. The molecule has 4 amide bonds. The molecule has 9 aromatic carbocycles. The zero-order valence-electron chi connectivity index (χ0n) is 61.5. The Hall–Kier alpha value is -10.7. The molecular weight excluding hydrogens is 1650 g/mol. The van der Waals surface area contributed by atoms with Gasteiger partial charge in [-0.05, 0) is 166 Å². The smallest absolute Gasteiger partial charge is 0.259 e. The molecule has 0 saturated carbocycles. The molecule has 13 aromatic rings. The fraction of sp³-hybridized carbons (Fsp3) is 0.171. The van der Waals surface area contributed by atoms with Crippen LogP contribution in [0.25, 0.3) is 66.9 Å². The van der Waals surface area contributed by atoms with Crippen molar-refractivity contribution in [3.63, 3.8) is 0 Å². The van der Waals surface area contributed by atoms with Gasteiger partial charge in [0.25, 0.3) is 23.3 Å². The van der Waals surface area contributed by atoms with Gasteiger partial charge in [-0.2, -0.15) is 0 Å². The average molecular weight is 1730 g/mol. The number of carbonyl (C=O) groups excluding carboxylic acids is 4. The maximum Gasteiger partial charge on any atom is 0.259 e. The summed E-state index contributed by atoms with van der Waals surface area (Å²) in [4.78, 5) is 84.6. The van der Waals surface area contributed by atoms with Crippen LogP contribution in [0.3, 0.4) is 0 Å². The summed E-state index contributed by atoms with van der Waals surface area (Å²) in [6, 6.07) is 45.2. The molecule has 0 bridgehead atoms. The molecule has 21 N–H and O–H groups in total. The SMILES string of the molecule is CC(C)(C)c1cc(Nc2nc(-c3ccc(Cl)cc3)nc3cc(CO)c(CO)cc23)c(C(N)=O)[se]1.NC(=O)c1cc(CO)c(CO)cc1N.NC(=O)c1cc(CO)c(CO)cc1NC(=O)c1ccc(Cl)cc1.O=c1[nH]c(-c2ccc(Cl)cc2)nc2cc(CO)c(CO)cc12.OCc1cc2nc(-c3ccc(Cl)cc3)nc(Cl)c2cc1CO. The molecule has 0 fully saturated rings. The Kier molecular flexibility index (Phi) is 30.8. The minimum absolute atomic E-state index is 0.0496. The molecule has 0 saturated heterocycles. The number of primary amides is 3. The van der Waals surface area contributed by atoms with E-state index in [2.05, 4.69) is 51.3 Å². The molecular formula is C82H77Cl5N12O15Se. The zero-order valence-corrected chi connectivity index (χ0v) is 67.0. The molecule has 13 rings (SSSR count). The molecule has 27 nitrogen and oxygen atoms in total. The van der Waals surface area contributed by atoms with Crippen molar-refractivity contribution in [2.75, 3.05) is 16.4 Å². The molecule has 0 unspecified atom stereocenters. The number of carbonyl (C=O) groups is 4. The van der Waals surface area contributed by atoms with E-state index in [1.165, 1.54) is 36.4 Å². The van der Waals surface area contributed by atoms with Crippen molar-refractivity contribution in [1.82, 2.24) is 29.9 Å². The number of aromatic nitrogens is 6. The first-order chi connectivity index (χ1) is 54.9. The van der Waals surface area contributed by atoms with Gasteiger partial charge in [0, 0.05) is 42.8 Å². The summed E-state index contributed by atoms with van der Waals surface area (Å²) < 4.78 is 1.69. The monoisotopic (exact) mass is 1720 g/mol. The molecule has 0 aliphatic rings. The van der Waals surface area contributed by atoms with E-state index in [1.54, 1.807) is 97.1 Å². The minimum Gasteiger partial charge on any atom is -0.398 e. The van der Waals surface area contributed by atoms with E-state index < -0.39 is 23.6 Å². The standard InChI is InChI=1S/C25H25ClN4O3Se.C16H12Cl2N2O2.C16H15ClN2O4.C16H13ClN2O3.C9H12N2O3/c1-25(2,3)20-10-19(21(34-20)22(27)33)29-24-17-8-14(11-31)15(12-32)9-18(17)28-23(30-24)13-4-6-16(26)7-5-13;17-12-3-1-9(2-4-12)16-19-14-6-11(8-22)10(7-21)5-13(14)15(18)20-16;17-12-3-1-9(2-4-12)16(23)19-14-6-11(8-21)10(7-20)5-13(14)15(18)22;17-12-3-1-9(2-4-12)15-18-14-6-11(8-21)10(7-20)5-13(14)16(22)19-15;10-8-2-6(4-13)5(3-12)1-7(8)9(11)14/h4-10,31-32H,11-12H2,1-3H3,(H2,27,33)(H,28,29,30);1-6,21-22H,7-8H2;1-6,20-21H,7-8H2,(H2,18,22)(H,19,23);1-6,20-21H,7-8H2,(H,18,19,22);1-2,12-13H,3-4,10H2,(H2,11,14). The van der Waals surface area contributed by atoms with Crippen LogP contribution in [-0.4, -0.2) is 119 Å². The van der Waals surface area contributed by atoms with E-state index in [1.807, 2.05) is 30.3 Å².